The average molecular weight is 359 g/mol. The third-order valence-corrected chi connectivity index (χ3v) is 5.75. The van der Waals surface area contributed by atoms with Crippen LogP contribution in [0, 0.1) is 5.92 Å². The van der Waals surface area contributed by atoms with Crippen molar-refractivity contribution in [1.29, 1.82) is 0 Å². The molecule has 3 rings (SSSR count). The summed E-state index contributed by atoms with van der Waals surface area (Å²) in [5.41, 5.74) is -1.52. The van der Waals surface area contributed by atoms with Gasteiger partial charge in [-0.1, -0.05) is 18.2 Å². The van der Waals surface area contributed by atoms with Crippen LogP contribution in [0.3, 0.4) is 0 Å². The van der Waals surface area contributed by atoms with E-state index < -0.39 is 29.2 Å². The Labute approximate surface area is 140 Å². The van der Waals surface area contributed by atoms with E-state index >= 15 is 0 Å². The number of halogens is 3. The molecule has 3 unspecified atom stereocenters. The van der Waals surface area contributed by atoms with Gasteiger partial charge in [-0.2, -0.15) is 24.9 Å². The van der Waals surface area contributed by atoms with E-state index in [0.717, 1.165) is 12.1 Å². The first-order chi connectivity index (χ1) is 11.2. The largest absolute Gasteiger partial charge is 0.479 e. The van der Waals surface area contributed by atoms with E-state index in [1.165, 1.54) is 17.8 Å². The summed E-state index contributed by atoms with van der Waals surface area (Å²) in [6.45, 7) is 0. The van der Waals surface area contributed by atoms with Crippen molar-refractivity contribution in [3.63, 3.8) is 0 Å². The average Bonchev–Trinajstić information content (AvgIpc) is 3.19. The fourth-order valence-corrected chi connectivity index (χ4v) is 4.34. The van der Waals surface area contributed by atoms with Crippen LogP contribution in [0.2, 0.25) is 0 Å². The van der Waals surface area contributed by atoms with Gasteiger partial charge in [0, 0.05) is 11.7 Å². The third kappa shape index (κ3) is 3.24. The number of hydrogen-bond acceptors (Lipinski definition) is 3. The van der Waals surface area contributed by atoms with Crippen molar-refractivity contribution in [2.45, 2.75) is 30.5 Å². The first-order valence-electron chi connectivity index (χ1n) is 7.53. The van der Waals surface area contributed by atoms with Crippen LogP contribution < -0.4 is 5.32 Å². The van der Waals surface area contributed by atoms with E-state index in [1.807, 2.05) is 0 Å². The molecular weight excluding hydrogens is 343 g/mol. The summed E-state index contributed by atoms with van der Waals surface area (Å²) in [6, 6.07) is 4.97. The van der Waals surface area contributed by atoms with Crippen LogP contribution >= 0.6 is 11.8 Å². The Morgan fingerprint density at radius 1 is 1.33 bits per heavy atom. The zero-order valence-corrected chi connectivity index (χ0v) is 13.4. The van der Waals surface area contributed by atoms with Gasteiger partial charge in [0.05, 0.1) is 5.56 Å². The predicted molar refractivity (Wildman–Crippen MR) is 82.7 cm³/mol. The monoisotopic (exact) mass is 359 g/mol. The van der Waals surface area contributed by atoms with Crippen molar-refractivity contribution in [2.75, 3.05) is 11.5 Å². The Morgan fingerprint density at radius 2 is 2.08 bits per heavy atom. The lowest BCUT2D eigenvalue weighted by Gasteiger charge is -2.24. The molecule has 1 aliphatic carbocycles. The normalized spacial score (nSPS) is 29.3. The maximum atomic E-state index is 12.8. The molecule has 4 nitrogen and oxygen atoms in total. The van der Waals surface area contributed by atoms with Crippen molar-refractivity contribution in [3.8, 4) is 0 Å². The number of aliphatic carboxylic acids is 1. The van der Waals surface area contributed by atoms with Crippen LogP contribution in [0.1, 0.15) is 29.9 Å². The first kappa shape index (κ1) is 17.1. The maximum absolute atomic E-state index is 12.8. The van der Waals surface area contributed by atoms with Gasteiger partial charge in [-0.15, -0.1) is 0 Å². The molecule has 8 heteroatoms. The lowest BCUT2D eigenvalue weighted by atomic mass is 9.98. The minimum atomic E-state index is -4.42. The molecule has 0 spiro atoms. The number of carboxylic acid groups (broad SMARTS) is 1. The number of carboxylic acids is 1. The Balaban J connectivity index is 1.69. The number of carbonyl (C=O) groups excluding carboxylic acids is 1. The smallest absolute Gasteiger partial charge is 0.416 e. The number of hydrogen-bond donors (Lipinski definition) is 2. The number of nitrogens with one attached hydrogen (secondary N) is 1. The summed E-state index contributed by atoms with van der Waals surface area (Å²) in [4.78, 5) is 23.8. The summed E-state index contributed by atoms with van der Waals surface area (Å²) in [5, 5.41) is 12.0. The van der Waals surface area contributed by atoms with Gasteiger partial charge in [-0.3, -0.25) is 4.79 Å². The summed E-state index contributed by atoms with van der Waals surface area (Å²) in [7, 11) is 0. The lowest BCUT2D eigenvalue weighted by Crippen LogP contribution is -2.55. The van der Waals surface area contributed by atoms with Crippen molar-refractivity contribution in [1.82, 2.24) is 5.32 Å². The zero-order valence-electron chi connectivity index (χ0n) is 12.6. The van der Waals surface area contributed by atoms with Crippen LogP contribution in [-0.4, -0.2) is 34.0 Å². The maximum Gasteiger partial charge on any atom is 0.416 e. The fraction of sp³-hybridized carbons (Fsp3) is 0.500. The van der Waals surface area contributed by atoms with Crippen LogP contribution in [0.25, 0.3) is 0 Å². The van der Waals surface area contributed by atoms with Gasteiger partial charge in [0.25, 0.3) is 0 Å². The van der Waals surface area contributed by atoms with E-state index in [-0.39, 0.29) is 11.8 Å². The van der Waals surface area contributed by atoms with E-state index in [4.69, 9.17) is 0 Å². The molecule has 1 saturated carbocycles. The molecule has 1 heterocycles. The zero-order chi connectivity index (χ0) is 17.5. The second-order valence-electron chi connectivity index (χ2n) is 6.25. The van der Waals surface area contributed by atoms with E-state index in [9.17, 15) is 27.9 Å². The van der Waals surface area contributed by atoms with Gasteiger partial charge in [-0.05, 0) is 36.1 Å². The molecule has 2 N–H and O–H groups in total. The standard InChI is InChI=1S/C16H16F3NO3S/c17-16(18,19)10-3-1-2-9(6-10)11-7-12(11)13(21)20-15(14(22)23)4-5-24-8-15/h1-3,6,11-12H,4-5,7-8H2,(H,20,21)(H,22,23). The van der Waals surface area contributed by atoms with Gasteiger partial charge < -0.3 is 10.4 Å². The predicted octanol–water partition coefficient (Wildman–Crippen LogP) is 2.89. The Hall–Kier alpha value is -1.70. The quantitative estimate of drug-likeness (QED) is 0.868. The number of carbonyl (C=O) groups is 2. The van der Waals surface area contributed by atoms with E-state index in [0.29, 0.717) is 29.9 Å². The molecule has 130 valence electrons. The molecule has 0 bridgehead atoms. The van der Waals surface area contributed by atoms with Crippen molar-refractivity contribution in [2.24, 2.45) is 5.92 Å². The van der Waals surface area contributed by atoms with Gasteiger partial charge in [0.1, 0.15) is 5.54 Å². The van der Waals surface area contributed by atoms with E-state index in [1.54, 1.807) is 6.07 Å². The number of benzene rings is 1. The molecule has 1 amide bonds. The Morgan fingerprint density at radius 3 is 2.67 bits per heavy atom. The SMILES string of the molecule is O=C(NC1(C(=O)O)CCSC1)C1CC1c1cccc(C(F)(F)F)c1. The second-order valence-corrected chi connectivity index (χ2v) is 7.36. The molecule has 1 aromatic carbocycles. The third-order valence-electron chi connectivity index (χ3n) is 4.56. The minimum absolute atomic E-state index is 0.285. The van der Waals surface area contributed by atoms with Crippen LogP contribution in [0.4, 0.5) is 13.2 Å². The summed E-state index contributed by atoms with van der Waals surface area (Å²) >= 11 is 1.46. The first-order valence-corrected chi connectivity index (χ1v) is 8.69. The highest BCUT2D eigenvalue weighted by Crippen LogP contribution is 2.49. The molecule has 1 aromatic rings. The Bertz CT molecular complexity index is 671. The minimum Gasteiger partial charge on any atom is -0.479 e. The van der Waals surface area contributed by atoms with E-state index in [2.05, 4.69) is 5.32 Å². The Kier molecular flexibility index (Phi) is 4.27. The second kappa shape index (κ2) is 5.98. The van der Waals surface area contributed by atoms with Crippen LogP contribution in [0.5, 0.6) is 0 Å². The lowest BCUT2D eigenvalue weighted by molar-refractivity contribution is -0.146. The molecule has 24 heavy (non-hydrogen) atoms. The molecule has 1 aliphatic heterocycles. The molecular formula is C16H16F3NO3S. The van der Waals surface area contributed by atoms with Crippen molar-refractivity contribution < 1.29 is 27.9 Å². The summed E-state index contributed by atoms with van der Waals surface area (Å²) < 4.78 is 38.3. The van der Waals surface area contributed by atoms with Crippen molar-refractivity contribution in [3.05, 3.63) is 35.4 Å². The van der Waals surface area contributed by atoms with Crippen LogP contribution in [-0.2, 0) is 15.8 Å². The topological polar surface area (TPSA) is 66.4 Å². The van der Waals surface area contributed by atoms with Crippen molar-refractivity contribution >= 4 is 23.6 Å². The fourth-order valence-electron chi connectivity index (χ4n) is 3.01. The summed E-state index contributed by atoms with van der Waals surface area (Å²) in [5.74, 6) is -1.22. The number of amides is 1. The highest BCUT2D eigenvalue weighted by atomic mass is 32.2. The highest BCUT2D eigenvalue weighted by Gasteiger charge is 2.50. The van der Waals surface area contributed by atoms with Gasteiger partial charge in [-0.25, -0.2) is 4.79 Å². The van der Waals surface area contributed by atoms with Crippen LogP contribution in [0.15, 0.2) is 24.3 Å². The number of alkyl halides is 3. The van der Waals surface area contributed by atoms with Gasteiger partial charge in [0.15, 0.2) is 0 Å². The molecule has 0 aromatic heterocycles. The number of rotatable bonds is 4. The molecule has 2 fully saturated rings. The summed E-state index contributed by atoms with van der Waals surface area (Å²) in [6.07, 6.45) is -3.62. The van der Waals surface area contributed by atoms with Gasteiger partial charge in [0.2, 0.25) is 5.91 Å². The molecule has 0 radical (unpaired) electrons. The molecule has 3 atom stereocenters. The highest BCUT2D eigenvalue weighted by molar-refractivity contribution is 7.99. The molecule has 2 aliphatic rings. The number of thioether (sulfide) groups is 1. The molecule has 1 saturated heterocycles. The van der Waals surface area contributed by atoms with Gasteiger partial charge >= 0.3 is 12.1 Å².